The highest BCUT2D eigenvalue weighted by Gasteiger charge is 2.35. The molecule has 1 fully saturated rings. The van der Waals surface area contributed by atoms with Crippen LogP contribution in [0.1, 0.15) is 34.1 Å². The minimum absolute atomic E-state index is 0.217. The second kappa shape index (κ2) is 4.81. The summed E-state index contributed by atoms with van der Waals surface area (Å²) in [5.41, 5.74) is 0.434. The molecule has 0 amide bonds. The van der Waals surface area contributed by atoms with Gasteiger partial charge in [0.2, 0.25) is 0 Å². The second-order valence-electron chi connectivity index (χ2n) is 5.95. The van der Waals surface area contributed by atoms with Gasteiger partial charge in [0.1, 0.15) is 0 Å². The molecular formula is C12H26N2O. The Balaban J connectivity index is 2.44. The van der Waals surface area contributed by atoms with Crippen molar-refractivity contribution in [2.24, 2.45) is 0 Å². The maximum Gasteiger partial charge on any atom is 0.0474 e. The molecule has 1 aliphatic rings. The van der Waals surface area contributed by atoms with E-state index in [1.807, 2.05) is 0 Å². The zero-order chi connectivity index (χ0) is 11.5. The van der Waals surface area contributed by atoms with Crippen LogP contribution in [0.15, 0.2) is 0 Å². The molecule has 3 heteroatoms. The number of piperazine rings is 1. The van der Waals surface area contributed by atoms with E-state index in [0.717, 1.165) is 32.7 Å². The molecule has 1 rings (SSSR count). The summed E-state index contributed by atoms with van der Waals surface area (Å²) >= 11 is 0. The Bertz CT molecular complexity index is 186. The fraction of sp³-hybridized carbons (Fsp3) is 1.00. The van der Waals surface area contributed by atoms with Gasteiger partial charge in [0, 0.05) is 44.4 Å². The zero-order valence-corrected chi connectivity index (χ0v) is 10.9. The van der Waals surface area contributed by atoms with Crippen LogP contribution in [-0.2, 0) is 4.74 Å². The Labute approximate surface area is 94.2 Å². The molecule has 0 radical (unpaired) electrons. The predicted molar refractivity (Wildman–Crippen MR) is 64.2 cm³/mol. The van der Waals surface area contributed by atoms with Gasteiger partial charge in [-0.2, -0.15) is 0 Å². The summed E-state index contributed by atoms with van der Waals surface area (Å²) in [6, 6.07) is 0. The van der Waals surface area contributed by atoms with E-state index >= 15 is 0 Å². The highest BCUT2D eigenvalue weighted by atomic mass is 16.5. The van der Waals surface area contributed by atoms with Gasteiger partial charge < -0.3 is 10.1 Å². The zero-order valence-electron chi connectivity index (χ0n) is 10.9. The van der Waals surface area contributed by atoms with Crippen molar-refractivity contribution in [2.75, 3.05) is 33.4 Å². The highest BCUT2D eigenvalue weighted by Crippen LogP contribution is 2.20. The molecule has 15 heavy (non-hydrogen) atoms. The third-order valence-electron chi connectivity index (χ3n) is 2.74. The monoisotopic (exact) mass is 214 g/mol. The summed E-state index contributed by atoms with van der Waals surface area (Å²) < 4.78 is 5.09. The average Bonchev–Trinajstić information content (AvgIpc) is 1.98. The predicted octanol–water partition coefficient (Wildman–Crippen LogP) is 1.49. The number of rotatable bonds is 4. The second-order valence-corrected chi connectivity index (χ2v) is 5.95. The van der Waals surface area contributed by atoms with Gasteiger partial charge in [0.05, 0.1) is 0 Å². The van der Waals surface area contributed by atoms with Crippen LogP contribution in [0.3, 0.4) is 0 Å². The van der Waals surface area contributed by atoms with E-state index in [9.17, 15) is 0 Å². The molecule has 1 saturated heterocycles. The van der Waals surface area contributed by atoms with Crippen LogP contribution in [0.4, 0.5) is 0 Å². The molecule has 1 aliphatic heterocycles. The maximum absolute atomic E-state index is 5.09. The van der Waals surface area contributed by atoms with E-state index in [0.29, 0.717) is 0 Å². The topological polar surface area (TPSA) is 24.5 Å². The summed E-state index contributed by atoms with van der Waals surface area (Å²) in [5, 5.41) is 3.68. The number of ether oxygens (including phenoxy) is 1. The summed E-state index contributed by atoms with van der Waals surface area (Å²) in [6.45, 7) is 13.4. The highest BCUT2D eigenvalue weighted by molar-refractivity contribution is 4.97. The quantitative estimate of drug-likeness (QED) is 0.718. The summed E-state index contributed by atoms with van der Waals surface area (Å²) in [7, 11) is 1.77. The van der Waals surface area contributed by atoms with Crippen LogP contribution in [0.25, 0.3) is 0 Å². The van der Waals surface area contributed by atoms with Crippen molar-refractivity contribution in [3.8, 4) is 0 Å². The third kappa shape index (κ3) is 4.49. The minimum Gasteiger partial charge on any atom is -0.385 e. The minimum atomic E-state index is 0.217. The first kappa shape index (κ1) is 12.9. The molecule has 0 aromatic carbocycles. The van der Waals surface area contributed by atoms with Crippen molar-refractivity contribution in [1.29, 1.82) is 0 Å². The number of methoxy groups -OCH3 is 1. The molecule has 0 unspecified atom stereocenters. The van der Waals surface area contributed by atoms with Crippen molar-refractivity contribution < 1.29 is 4.74 Å². The Hall–Kier alpha value is -0.120. The van der Waals surface area contributed by atoms with E-state index in [2.05, 4.69) is 37.9 Å². The van der Waals surface area contributed by atoms with Crippen LogP contribution in [0.5, 0.6) is 0 Å². The molecule has 1 heterocycles. The molecule has 3 nitrogen and oxygen atoms in total. The van der Waals surface area contributed by atoms with E-state index < -0.39 is 0 Å². The van der Waals surface area contributed by atoms with Gasteiger partial charge in [-0.3, -0.25) is 4.90 Å². The Morgan fingerprint density at radius 1 is 1.13 bits per heavy atom. The Morgan fingerprint density at radius 3 is 2.13 bits per heavy atom. The van der Waals surface area contributed by atoms with Crippen LogP contribution >= 0.6 is 0 Å². The summed E-state index contributed by atoms with van der Waals surface area (Å²) in [6.07, 6.45) is 1.13. The van der Waals surface area contributed by atoms with Crippen LogP contribution < -0.4 is 5.32 Å². The van der Waals surface area contributed by atoms with Gasteiger partial charge in [0.25, 0.3) is 0 Å². The summed E-state index contributed by atoms with van der Waals surface area (Å²) in [5.74, 6) is 0. The third-order valence-corrected chi connectivity index (χ3v) is 2.74. The van der Waals surface area contributed by atoms with E-state index in [-0.39, 0.29) is 11.1 Å². The number of hydrogen-bond acceptors (Lipinski definition) is 3. The standard InChI is InChI=1S/C12H26N2O/c1-11(2)9-14(7-6-8-15-5)10-12(3,4)13-11/h13H,6-10H2,1-5H3. The van der Waals surface area contributed by atoms with Gasteiger partial charge in [0.15, 0.2) is 0 Å². The van der Waals surface area contributed by atoms with E-state index in [1.54, 1.807) is 7.11 Å². The molecular weight excluding hydrogens is 188 g/mol. The lowest BCUT2D eigenvalue weighted by molar-refractivity contribution is 0.0699. The Kier molecular flexibility index (Phi) is 4.15. The SMILES string of the molecule is COCCCN1CC(C)(C)NC(C)(C)C1. The van der Waals surface area contributed by atoms with Crippen molar-refractivity contribution >= 4 is 0 Å². The van der Waals surface area contributed by atoms with Crippen LogP contribution in [0.2, 0.25) is 0 Å². The smallest absolute Gasteiger partial charge is 0.0474 e. The maximum atomic E-state index is 5.09. The number of nitrogens with zero attached hydrogens (tertiary/aromatic N) is 1. The molecule has 0 aromatic rings. The van der Waals surface area contributed by atoms with Crippen LogP contribution in [0, 0.1) is 0 Å². The molecule has 0 bridgehead atoms. The first-order chi connectivity index (χ1) is 6.85. The Morgan fingerprint density at radius 2 is 1.67 bits per heavy atom. The lowest BCUT2D eigenvalue weighted by Gasteiger charge is -2.48. The van der Waals surface area contributed by atoms with Crippen molar-refractivity contribution in [1.82, 2.24) is 10.2 Å². The molecule has 0 aromatic heterocycles. The van der Waals surface area contributed by atoms with Crippen molar-refractivity contribution in [3.63, 3.8) is 0 Å². The molecule has 0 saturated carbocycles. The van der Waals surface area contributed by atoms with Gasteiger partial charge >= 0.3 is 0 Å². The lowest BCUT2D eigenvalue weighted by atomic mass is 9.91. The molecule has 0 aliphatic carbocycles. The molecule has 90 valence electrons. The van der Waals surface area contributed by atoms with Crippen molar-refractivity contribution in [2.45, 2.75) is 45.2 Å². The van der Waals surface area contributed by atoms with Gasteiger partial charge in [-0.15, -0.1) is 0 Å². The number of nitrogens with one attached hydrogen (secondary N) is 1. The molecule has 1 N–H and O–H groups in total. The molecule has 0 spiro atoms. The fourth-order valence-electron chi connectivity index (χ4n) is 2.76. The van der Waals surface area contributed by atoms with Gasteiger partial charge in [-0.25, -0.2) is 0 Å². The van der Waals surface area contributed by atoms with Crippen molar-refractivity contribution in [3.05, 3.63) is 0 Å². The number of hydrogen-bond donors (Lipinski definition) is 1. The lowest BCUT2D eigenvalue weighted by Crippen LogP contribution is -2.66. The largest absolute Gasteiger partial charge is 0.385 e. The first-order valence-corrected chi connectivity index (χ1v) is 5.85. The average molecular weight is 214 g/mol. The van der Waals surface area contributed by atoms with E-state index in [1.165, 1.54) is 0 Å². The van der Waals surface area contributed by atoms with Gasteiger partial charge in [-0.05, 0) is 34.1 Å². The van der Waals surface area contributed by atoms with Gasteiger partial charge in [-0.1, -0.05) is 0 Å². The van der Waals surface area contributed by atoms with E-state index in [4.69, 9.17) is 4.74 Å². The fourth-order valence-corrected chi connectivity index (χ4v) is 2.76. The first-order valence-electron chi connectivity index (χ1n) is 5.85. The van der Waals surface area contributed by atoms with Crippen LogP contribution in [-0.4, -0.2) is 49.3 Å². The molecule has 0 atom stereocenters. The summed E-state index contributed by atoms with van der Waals surface area (Å²) in [4.78, 5) is 2.54. The normalized spacial score (nSPS) is 25.4.